The van der Waals surface area contributed by atoms with Gasteiger partial charge in [-0.05, 0) is 6.08 Å². The normalized spacial score (nSPS) is 16.3. The second-order valence-corrected chi connectivity index (χ2v) is 3.45. The minimum atomic E-state index is -4.89. The number of carbonyl (C=O) groups excluding carboxylic acids is 1. The van der Waals surface area contributed by atoms with Crippen molar-refractivity contribution in [3.63, 3.8) is 0 Å². The molecule has 76 valence electrons. The second kappa shape index (κ2) is 4.13. The Balaban J connectivity index is 4.75. The van der Waals surface area contributed by atoms with Gasteiger partial charge in [-0.3, -0.25) is 4.79 Å². The highest BCUT2D eigenvalue weighted by Gasteiger charge is 2.39. The molecule has 0 aliphatic carbocycles. The number of carbonyl (C=O) groups is 1. The van der Waals surface area contributed by atoms with Crippen LogP contribution in [0.15, 0.2) is 12.7 Å². The maximum Gasteiger partial charge on any atom is 0.472 e. The van der Waals surface area contributed by atoms with Gasteiger partial charge in [0.1, 0.15) is 0 Å². The lowest BCUT2D eigenvalue weighted by Crippen LogP contribution is -2.38. The fraction of sp³-hybridized carbons (Fsp3) is 0.500. The smallest absolute Gasteiger partial charge is 0.359 e. The summed E-state index contributed by atoms with van der Waals surface area (Å²) in [5, 5.41) is 9.29. The molecule has 0 aliphatic heterocycles. The first kappa shape index (κ1) is 12.5. The molecule has 0 saturated carbocycles. The van der Waals surface area contributed by atoms with Gasteiger partial charge in [0, 0.05) is 6.42 Å². The summed E-state index contributed by atoms with van der Waals surface area (Å²) in [5.74, 6) is -3.47. The van der Waals surface area contributed by atoms with Crippen LogP contribution in [0.1, 0.15) is 13.3 Å². The van der Waals surface area contributed by atoms with E-state index >= 15 is 0 Å². The number of phosphoric ester groups is 1. The lowest BCUT2D eigenvalue weighted by atomic mass is 10.1. The molecule has 0 amide bonds. The van der Waals surface area contributed by atoms with Gasteiger partial charge in [0.2, 0.25) is 11.6 Å². The molecule has 0 bridgehead atoms. The molecule has 0 fully saturated rings. The van der Waals surface area contributed by atoms with E-state index in [4.69, 9.17) is 9.79 Å². The quantitative estimate of drug-likeness (QED) is 0.334. The van der Waals surface area contributed by atoms with Crippen molar-refractivity contribution in [3.05, 3.63) is 12.7 Å². The average molecular weight is 210 g/mol. The van der Waals surface area contributed by atoms with Crippen LogP contribution in [0.3, 0.4) is 0 Å². The molecule has 0 aromatic carbocycles. The molecule has 0 radical (unpaired) electrons. The average Bonchev–Trinajstić information content (AvgIpc) is 1.99. The van der Waals surface area contributed by atoms with E-state index in [1.165, 1.54) is 6.92 Å². The van der Waals surface area contributed by atoms with Crippen molar-refractivity contribution >= 4 is 13.6 Å². The molecule has 0 aromatic rings. The van der Waals surface area contributed by atoms with Crippen LogP contribution < -0.4 is 0 Å². The van der Waals surface area contributed by atoms with Crippen molar-refractivity contribution in [1.29, 1.82) is 0 Å². The van der Waals surface area contributed by atoms with Crippen molar-refractivity contribution in [1.82, 2.24) is 0 Å². The predicted molar refractivity (Wildman–Crippen MR) is 43.6 cm³/mol. The van der Waals surface area contributed by atoms with Gasteiger partial charge in [0.15, 0.2) is 0 Å². The van der Waals surface area contributed by atoms with Gasteiger partial charge < -0.3 is 14.9 Å². The van der Waals surface area contributed by atoms with Gasteiger partial charge in [-0.2, -0.15) is 0 Å². The first-order valence-corrected chi connectivity index (χ1v) is 4.93. The monoisotopic (exact) mass is 210 g/mol. The van der Waals surface area contributed by atoms with Gasteiger partial charge in [0.25, 0.3) is 0 Å². The highest BCUT2D eigenvalue weighted by atomic mass is 31.2. The predicted octanol–water partition coefficient (Wildman–Crippen LogP) is -0.0506. The van der Waals surface area contributed by atoms with E-state index in [2.05, 4.69) is 11.1 Å². The summed E-state index contributed by atoms with van der Waals surface area (Å²) in [6.45, 7) is 4.41. The first-order valence-electron chi connectivity index (χ1n) is 3.40. The molecule has 0 aliphatic rings. The summed E-state index contributed by atoms with van der Waals surface area (Å²) in [7, 11) is -4.89. The molecule has 1 unspecified atom stereocenters. The van der Waals surface area contributed by atoms with E-state index in [-0.39, 0.29) is 6.42 Å². The minimum absolute atomic E-state index is 0.275. The lowest BCUT2D eigenvalue weighted by molar-refractivity contribution is -0.172. The first-order chi connectivity index (χ1) is 5.75. The molecular weight excluding hydrogens is 199 g/mol. The zero-order chi connectivity index (χ0) is 10.7. The SMILES string of the molecule is C=CC(=O)C(O)(CC)OP(=O)(O)O. The molecule has 13 heavy (non-hydrogen) atoms. The summed E-state index contributed by atoms with van der Waals surface area (Å²) in [6.07, 6.45) is 0.460. The Labute approximate surface area is 75.1 Å². The largest absolute Gasteiger partial charge is 0.472 e. The van der Waals surface area contributed by atoms with E-state index in [1.807, 2.05) is 0 Å². The Hall–Kier alpha value is -0.520. The van der Waals surface area contributed by atoms with Crippen molar-refractivity contribution in [2.45, 2.75) is 19.1 Å². The Bertz CT molecular complexity index is 256. The van der Waals surface area contributed by atoms with E-state index in [0.717, 1.165) is 6.08 Å². The van der Waals surface area contributed by atoms with E-state index < -0.39 is 19.4 Å². The summed E-state index contributed by atoms with van der Waals surface area (Å²) in [4.78, 5) is 27.6. The zero-order valence-electron chi connectivity index (χ0n) is 7.01. The summed E-state index contributed by atoms with van der Waals surface area (Å²) in [6, 6.07) is 0. The van der Waals surface area contributed by atoms with Gasteiger partial charge in [-0.25, -0.2) is 9.09 Å². The zero-order valence-corrected chi connectivity index (χ0v) is 7.90. The van der Waals surface area contributed by atoms with Crippen LogP contribution in [0.25, 0.3) is 0 Å². The molecule has 0 rings (SSSR count). The Morgan fingerprint density at radius 2 is 2.15 bits per heavy atom. The number of hydrogen-bond donors (Lipinski definition) is 3. The van der Waals surface area contributed by atoms with Crippen LogP contribution in [0.4, 0.5) is 0 Å². The summed E-state index contributed by atoms with van der Waals surface area (Å²) < 4.78 is 14.3. The third-order valence-electron chi connectivity index (χ3n) is 1.32. The van der Waals surface area contributed by atoms with Crippen LogP contribution in [0, 0.1) is 0 Å². The van der Waals surface area contributed by atoms with Crippen LogP contribution in [-0.4, -0.2) is 26.5 Å². The molecule has 0 aromatic heterocycles. The van der Waals surface area contributed by atoms with E-state index in [1.54, 1.807) is 0 Å². The number of hydrogen-bond acceptors (Lipinski definition) is 4. The van der Waals surface area contributed by atoms with Gasteiger partial charge >= 0.3 is 7.82 Å². The minimum Gasteiger partial charge on any atom is -0.359 e. The Morgan fingerprint density at radius 1 is 1.69 bits per heavy atom. The van der Waals surface area contributed by atoms with Crippen molar-refractivity contribution in [2.75, 3.05) is 0 Å². The lowest BCUT2D eigenvalue weighted by Gasteiger charge is -2.23. The number of rotatable bonds is 5. The van der Waals surface area contributed by atoms with E-state index in [0.29, 0.717) is 0 Å². The number of ketones is 1. The highest BCUT2D eigenvalue weighted by Crippen LogP contribution is 2.41. The van der Waals surface area contributed by atoms with Crippen molar-refractivity contribution in [3.8, 4) is 0 Å². The topological polar surface area (TPSA) is 104 Å². The molecule has 3 N–H and O–H groups in total. The molecule has 7 heteroatoms. The van der Waals surface area contributed by atoms with Crippen molar-refractivity contribution in [2.24, 2.45) is 0 Å². The van der Waals surface area contributed by atoms with Gasteiger partial charge in [-0.1, -0.05) is 13.5 Å². The Morgan fingerprint density at radius 3 is 2.38 bits per heavy atom. The van der Waals surface area contributed by atoms with Crippen LogP contribution in [0.2, 0.25) is 0 Å². The highest BCUT2D eigenvalue weighted by molar-refractivity contribution is 7.46. The van der Waals surface area contributed by atoms with Gasteiger partial charge in [-0.15, -0.1) is 0 Å². The summed E-state index contributed by atoms with van der Waals surface area (Å²) in [5.41, 5.74) is 0. The number of aliphatic hydroxyl groups is 1. The fourth-order valence-electron chi connectivity index (χ4n) is 0.640. The van der Waals surface area contributed by atoms with Gasteiger partial charge in [0.05, 0.1) is 0 Å². The molecule has 0 spiro atoms. The van der Waals surface area contributed by atoms with Crippen LogP contribution >= 0.6 is 7.82 Å². The summed E-state index contributed by atoms with van der Waals surface area (Å²) >= 11 is 0. The van der Waals surface area contributed by atoms with Crippen LogP contribution in [0.5, 0.6) is 0 Å². The maximum atomic E-state index is 10.9. The molecule has 0 heterocycles. The van der Waals surface area contributed by atoms with Crippen LogP contribution in [-0.2, 0) is 13.9 Å². The number of phosphoric acid groups is 1. The third kappa shape index (κ3) is 3.80. The maximum absolute atomic E-state index is 10.9. The van der Waals surface area contributed by atoms with Crippen molar-refractivity contribution < 1.29 is 28.8 Å². The third-order valence-corrected chi connectivity index (χ3v) is 1.86. The van der Waals surface area contributed by atoms with E-state index in [9.17, 15) is 14.5 Å². The molecule has 6 nitrogen and oxygen atoms in total. The second-order valence-electron chi connectivity index (χ2n) is 2.29. The molecular formula is C6H11O6P. The standard InChI is InChI=1S/C6H11O6P/c1-3-5(7)6(8,4-2)12-13(9,10)11/h3,8H,1,4H2,2H3,(H2,9,10,11). The fourth-order valence-corrected chi connectivity index (χ4v) is 1.25. The molecule has 1 atom stereocenters. The molecule has 0 saturated heterocycles. The Kier molecular flexibility index (Phi) is 3.96.